The number of hydrogen-bond acceptors (Lipinski definition) is 4. The van der Waals surface area contributed by atoms with Crippen LogP contribution in [0.3, 0.4) is 0 Å². The van der Waals surface area contributed by atoms with E-state index in [9.17, 15) is 19.5 Å². The summed E-state index contributed by atoms with van der Waals surface area (Å²) in [6.45, 7) is 3.84. The van der Waals surface area contributed by atoms with E-state index in [2.05, 4.69) is 23.3 Å². The lowest BCUT2D eigenvalue weighted by Crippen LogP contribution is -2.52. The third-order valence-electron chi connectivity index (χ3n) is 3.40. The Bertz CT molecular complexity index is 563. The van der Waals surface area contributed by atoms with Crippen LogP contribution < -0.4 is 10.6 Å². The van der Waals surface area contributed by atoms with Crippen LogP contribution in [0.2, 0.25) is 0 Å². The van der Waals surface area contributed by atoms with Crippen LogP contribution in [0.25, 0.3) is 0 Å². The van der Waals surface area contributed by atoms with Crippen LogP contribution in [-0.2, 0) is 20.8 Å². The molecule has 1 aromatic carbocycles. The number of benzene rings is 1. The predicted molar refractivity (Wildman–Crippen MR) is 95.0 cm³/mol. The van der Waals surface area contributed by atoms with Crippen molar-refractivity contribution >= 4 is 30.4 Å². The quantitative estimate of drug-likeness (QED) is 0.503. The third-order valence-corrected chi connectivity index (χ3v) is 3.69. The average Bonchev–Trinajstić information content (AvgIpc) is 2.53. The minimum Gasteiger partial charge on any atom is -0.480 e. The summed E-state index contributed by atoms with van der Waals surface area (Å²) in [7, 11) is 0. The number of carboxylic acid groups (broad SMARTS) is 1. The van der Waals surface area contributed by atoms with Gasteiger partial charge in [0.05, 0.1) is 5.75 Å². The number of rotatable bonds is 9. The average molecular weight is 352 g/mol. The fourth-order valence-corrected chi connectivity index (χ4v) is 2.36. The summed E-state index contributed by atoms with van der Waals surface area (Å²) < 4.78 is 0. The Hall–Kier alpha value is -2.02. The predicted octanol–water partition coefficient (Wildman–Crippen LogP) is 1.26. The van der Waals surface area contributed by atoms with E-state index < -0.39 is 24.0 Å². The van der Waals surface area contributed by atoms with Gasteiger partial charge in [0.15, 0.2) is 0 Å². The van der Waals surface area contributed by atoms with E-state index in [1.165, 1.54) is 0 Å². The fraction of sp³-hybridized carbons (Fsp3) is 0.471. The summed E-state index contributed by atoms with van der Waals surface area (Å²) in [5.74, 6) is -1.85. The van der Waals surface area contributed by atoms with Crippen molar-refractivity contribution in [3.8, 4) is 0 Å². The van der Waals surface area contributed by atoms with Gasteiger partial charge in [0.2, 0.25) is 11.8 Å². The van der Waals surface area contributed by atoms with Gasteiger partial charge < -0.3 is 15.7 Å². The summed E-state index contributed by atoms with van der Waals surface area (Å²) in [5.41, 5.74) is 0.810. The van der Waals surface area contributed by atoms with Crippen LogP contribution >= 0.6 is 12.6 Å². The van der Waals surface area contributed by atoms with Crippen LogP contribution in [0.15, 0.2) is 30.3 Å². The van der Waals surface area contributed by atoms with Gasteiger partial charge in [-0.1, -0.05) is 44.2 Å². The molecule has 0 radical (unpaired) electrons. The maximum Gasteiger partial charge on any atom is 0.326 e. The summed E-state index contributed by atoms with van der Waals surface area (Å²) in [6.07, 6.45) is 0.597. The van der Waals surface area contributed by atoms with Crippen molar-refractivity contribution in [3.63, 3.8) is 0 Å². The molecule has 0 saturated carbocycles. The van der Waals surface area contributed by atoms with Gasteiger partial charge in [0.1, 0.15) is 12.1 Å². The molecule has 6 nitrogen and oxygen atoms in total. The zero-order valence-corrected chi connectivity index (χ0v) is 14.8. The number of amides is 2. The Balaban J connectivity index is 2.79. The molecule has 1 rings (SSSR count). The number of nitrogens with one attached hydrogen (secondary N) is 2. The molecule has 7 heteroatoms. The van der Waals surface area contributed by atoms with Crippen molar-refractivity contribution in [2.75, 3.05) is 5.75 Å². The molecule has 0 aliphatic carbocycles. The third kappa shape index (κ3) is 7.04. The highest BCUT2D eigenvalue weighted by molar-refractivity contribution is 7.81. The van der Waals surface area contributed by atoms with Gasteiger partial charge in [-0.3, -0.25) is 9.59 Å². The minimum absolute atomic E-state index is 0.0335. The molecule has 3 N–H and O–H groups in total. The maximum atomic E-state index is 12.4. The summed E-state index contributed by atoms with van der Waals surface area (Å²) in [6, 6.07) is 7.23. The number of carboxylic acids is 1. The summed E-state index contributed by atoms with van der Waals surface area (Å²) >= 11 is 3.88. The summed E-state index contributed by atoms with van der Waals surface area (Å²) in [5, 5.41) is 14.5. The van der Waals surface area contributed by atoms with E-state index in [0.717, 1.165) is 5.56 Å². The molecule has 0 aromatic heterocycles. The molecule has 0 aliphatic rings. The lowest BCUT2D eigenvalue weighted by atomic mass is 10.0. The molecule has 1 aromatic rings. The molecule has 0 heterocycles. The highest BCUT2D eigenvalue weighted by Gasteiger charge is 2.27. The second kappa shape index (κ2) is 9.97. The molecule has 2 amide bonds. The number of hydrogen-bond donors (Lipinski definition) is 4. The van der Waals surface area contributed by atoms with Gasteiger partial charge in [-0.2, -0.15) is 12.6 Å². The first kappa shape index (κ1) is 20.0. The van der Waals surface area contributed by atoms with Crippen molar-refractivity contribution in [3.05, 3.63) is 35.9 Å². The van der Waals surface area contributed by atoms with Crippen molar-refractivity contribution in [1.29, 1.82) is 0 Å². The second-order valence-corrected chi connectivity index (χ2v) is 6.31. The maximum absolute atomic E-state index is 12.4. The van der Waals surface area contributed by atoms with Crippen LogP contribution in [0.5, 0.6) is 0 Å². The normalized spacial score (nSPS) is 13.2. The fourth-order valence-electron chi connectivity index (χ4n) is 2.27. The van der Waals surface area contributed by atoms with Gasteiger partial charge in [0.25, 0.3) is 0 Å². The standard InChI is InChI=1S/C17H24N2O4S/c1-11(2)8-13(18-15(20)10-24)16(21)19-14(17(22)23)9-12-6-4-3-5-7-12/h3-7,11,13-14,24H,8-10H2,1-2H3,(H,18,20)(H,19,21)(H,22,23)/t13-,14+/m0/s1. The first-order valence-corrected chi connectivity index (χ1v) is 8.44. The number of thiol groups is 1. The Morgan fingerprint density at radius 2 is 1.71 bits per heavy atom. The Morgan fingerprint density at radius 1 is 1.08 bits per heavy atom. The molecule has 0 bridgehead atoms. The monoisotopic (exact) mass is 352 g/mol. The Morgan fingerprint density at radius 3 is 2.21 bits per heavy atom. The van der Waals surface area contributed by atoms with Crippen molar-refractivity contribution in [2.24, 2.45) is 5.92 Å². The van der Waals surface area contributed by atoms with E-state index in [4.69, 9.17) is 0 Å². The molecule has 0 unspecified atom stereocenters. The largest absolute Gasteiger partial charge is 0.480 e. The molecule has 0 fully saturated rings. The molecular formula is C17H24N2O4S. The molecule has 0 saturated heterocycles. The molecular weight excluding hydrogens is 328 g/mol. The van der Waals surface area contributed by atoms with Crippen LogP contribution in [0, 0.1) is 5.92 Å². The number of aliphatic carboxylic acids is 1. The van der Waals surface area contributed by atoms with Gasteiger partial charge in [-0.25, -0.2) is 4.79 Å². The number of carbonyl (C=O) groups excluding carboxylic acids is 2. The van der Waals surface area contributed by atoms with Crippen molar-refractivity contribution < 1.29 is 19.5 Å². The van der Waals surface area contributed by atoms with Gasteiger partial charge in [-0.15, -0.1) is 0 Å². The Kier molecular flexibility index (Phi) is 8.32. The molecule has 2 atom stereocenters. The minimum atomic E-state index is -1.11. The molecule has 0 aliphatic heterocycles. The van der Waals surface area contributed by atoms with Gasteiger partial charge in [-0.05, 0) is 17.9 Å². The van der Waals surface area contributed by atoms with Gasteiger partial charge >= 0.3 is 5.97 Å². The lowest BCUT2D eigenvalue weighted by Gasteiger charge is -2.22. The smallest absolute Gasteiger partial charge is 0.326 e. The van der Waals surface area contributed by atoms with Crippen molar-refractivity contribution in [1.82, 2.24) is 10.6 Å². The van der Waals surface area contributed by atoms with Gasteiger partial charge in [0, 0.05) is 6.42 Å². The highest BCUT2D eigenvalue weighted by atomic mass is 32.1. The number of carbonyl (C=O) groups is 3. The summed E-state index contributed by atoms with van der Waals surface area (Å²) in [4.78, 5) is 35.4. The van der Waals surface area contributed by atoms with E-state index in [0.29, 0.717) is 6.42 Å². The van der Waals surface area contributed by atoms with E-state index in [1.54, 1.807) is 12.1 Å². The zero-order valence-electron chi connectivity index (χ0n) is 13.9. The van der Waals surface area contributed by atoms with Crippen molar-refractivity contribution in [2.45, 2.75) is 38.8 Å². The van der Waals surface area contributed by atoms with E-state index >= 15 is 0 Å². The van der Waals surface area contributed by atoms with Crippen LogP contribution in [0.1, 0.15) is 25.8 Å². The first-order valence-electron chi connectivity index (χ1n) is 7.80. The van der Waals surface area contributed by atoms with E-state index in [-0.39, 0.29) is 24.0 Å². The molecule has 0 spiro atoms. The SMILES string of the molecule is CC(C)C[C@H](NC(=O)CS)C(=O)N[C@H](Cc1ccccc1)C(=O)O. The molecule has 132 valence electrons. The highest BCUT2D eigenvalue weighted by Crippen LogP contribution is 2.08. The van der Waals surface area contributed by atoms with Crippen LogP contribution in [-0.4, -0.2) is 40.7 Å². The lowest BCUT2D eigenvalue weighted by molar-refractivity contribution is -0.142. The van der Waals surface area contributed by atoms with Crippen LogP contribution in [0.4, 0.5) is 0 Å². The molecule has 24 heavy (non-hydrogen) atoms. The van der Waals surface area contributed by atoms with E-state index in [1.807, 2.05) is 32.0 Å². The second-order valence-electron chi connectivity index (χ2n) is 6.00. The Labute approximate surface area is 147 Å². The zero-order chi connectivity index (χ0) is 18.1. The first-order chi connectivity index (χ1) is 11.3. The topological polar surface area (TPSA) is 95.5 Å².